The van der Waals surface area contributed by atoms with Crippen LogP contribution < -0.4 is 20.5 Å². The van der Waals surface area contributed by atoms with Crippen LogP contribution in [0.4, 0.5) is 0 Å². The third-order valence-corrected chi connectivity index (χ3v) is 4.64. The number of methoxy groups -OCH3 is 2. The SMILES string of the molecule is COc1cc(Br)c(CNC2CCC(N)CC2)cc1OC. The van der Waals surface area contributed by atoms with E-state index in [4.69, 9.17) is 15.2 Å². The molecule has 0 aromatic heterocycles. The molecule has 1 aliphatic carbocycles. The lowest BCUT2D eigenvalue weighted by atomic mass is 9.92. The Labute approximate surface area is 129 Å². The quantitative estimate of drug-likeness (QED) is 0.863. The average Bonchev–Trinajstić information content (AvgIpc) is 2.47. The summed E-state index contributed by atoms with van der Waals surface area (Å²) < 4.78 is 11.7. The zero-order valence-corrected chi connectivity index (χ0v) is 13.7. The number of halogens is 1. The van der Waals surface area contributed by atoms with Crippen LogP contribution in [-0.2, 0) is 6.54 Å². The Bertz CT molecular complexity index is 446. The van der Waals surface area contributed by atoms with Crippen molar-refractivity contribution >= 4 is 15.9 Å². The predicted octanol–water partition coefficient (Wildman–Crippen LogP) is 2.83. The van der Waals surface area contributed by atoms with Gasteiger partial charge in [-0.3, -0.25) is 0 Å². The van der Waals surface area contributed by atoms with E-state index in [0.717, 1.165) is 48.2 Å². The molecule has 0 unspecified atom stereocenters. The highest BCUT2D eigenvalue weighted by Gasteiger charge is 2.18. The molecular weight excluding hydrogens is 320 g/mol. The Morgan fingerprint density at radius 1 is 1.15 bits per heavy atom. The van der Waals surface area contributed by atoms with Gasteiger partial charge in [0.05, 0.1) is 14.2 Å². The molecule has 112 valence electrons. The van der Waals surface area contributed by atoms with Gasteiger partial charge in [-0.25, -0.2) is 0 Å². The standard InChI is InChI=1S/C15H23BrN2O2/c1-19-14-7-10(13(16)8-15(14)20-2)9-18-12-5-3-11(17)4-6-12/h7-8,11-12,18H,3-6,9,17H2,1-2H3. The first-order chi connectivity index (χ1) is 9.63. The molecule has 1 aromatic rings. The van der Waals surface area contributed by atoms with Crippen LogP contribution in [0.15, 0.2) is 16.6 Å². The Kier molecular flexibility index (Phi) is 5.69. The van der Waals surface area contributed by atoms with Crippen molar-refractivity contribution in [3.8, 4) is 11.5 Å². The largest absolute Gasteiger partial charge is 0.493 e. The molecule has 4 nitrogen and oxygen atoms in total. The van der Waals surface area contributed by atoms with Crippen LogP contribution >= 0.6 is 15.9 Å². The van der Waals surface area contributed by atoms with Crippen molar-refractivity contribution < 1.29 is 9.47 Å². The molecule has 0 bridgehead atoms. The smallest absolute Gasteiger partial charge is 0.161 e. The molecule has 1 saturated carbocycles. The molecule has 5 heteroatoms. The summed E-state index contributed by atoms with van der Waals surface area (Å²) in [4.78, 5) is 0. The molecule has 1 fully saturated rings. The van der Waals surface area contributed by atoms with Gasteiger partial charge in [-0.15, -0.1) is 0 Å². The zero-order chi connectivity index (χ0) is 14.5. The fraction of sp³-hybridized carbons (Fsp3) is 0.600. The lowest BCUT2D eigenvalue weighted by Crippen LogP contribution is -2.37. The normalized spacial score (nSPS) is 22.6. The molecule has 2 rings (SSSR count). The van der Waals surface area contributed by atoms with Gasteiger partial charge in [-0.1, -0.05) is 15.9 Å². The maximum Gasteiger partial charge on any atom is 0.161 e. The topological polar surface area (TPSA) is 56.5 Å². The predicted molar refractivity (Wildman–Crippen MR) is 84.3 cm³/mol. The second kappa shape index (κ2) is 7.29. The molecule has 1 aromatic carbocycles. The number of benzene rings is 1. The molecule has 0 radical (unpaired) electrons. The summed E-state index contributed by atoms with van der Waals surface area (Å²) in [5.41, 5.74) is 7.11. The third kappa shape index (κ3) is 3.87. The number of ether oxygens (including phenoxy) is 2. The van der Waals surface area contributed by atoms with E-state index >= 15 is 0 Å². The summed E-state index contributed by atoms with van der Waals surface area (Å²) in [6, 6.07) is 4.92. The fourth-order valence-electron chi connectivity index (χ4n) is 2.61. The molecule has 0 amide bonds. The molecule has 20 heavy (non-hydrogen) atoms. The minimum atomic E-state index is 0.390. The molecule has 0 atom stereocenters. The summed E-state index contributed by atoms with van der Waals surface area (Å²) in [6.07, 6.45) is 4.55. The Morgan fingerprint density at radius 3 is 2.35 bits per heavy atom. The molecule has 1 aliphatic rings. The van der Waals surface area contributed by atoms with E-state index in [1.165, 1.54) is 5.56 Å². The van der Waals surface area contributed by atoms with Crippen LogP contribution in [0.2, 0.25) is 0 Å². The number of hydrogen-bond donors (Lipinski definition) is 2. The van der Waals surface area contributed by atoms with E-state index in [1.54, 1.807) is 14.2 Å². The van der Waals surface area contributed by atoms with Gasteiger partial charge >= 0.3 is 0 Å². The maximum absolute atomic E-state index is 5.93. The molecule has 0 spiro atoms. The Morgan fingerprint density at radius 2 is 1.75 bits per heavy atom. The number of nitrogens with two attached hydrogens (primary N) is 1. The first kappa shape index (κ1) is 15.6. The summed E-state index contributed by atoms with van der Waals surface area (Å²) in [5, 5.41) is 3.61. The van der Waals surface area contributed by atoms with Gasteiger partial charge in [0, 0.05) is 23.1 Å². The van der Waals surface area contributed by atoms with Gasteiger partial charge < -0.3 is 20.5 Å². The van der Waals surface area contributed by atoms with E-state index in [-0.39, 0.29) is 0 Å². The maximum atomic E-state index is 5.93. The lowest BCUT2D eigenvalue weighted by Gasteiger charge is -2.27. The van der Waals surface area contributed by atoms with Gasteiger partial charge in [-0.2, -0.15) is 0 Å². The van der Waals surface area contributed by atoms with E-state index in [9.17, 15) is 0 Å². The van der Waals surface area contributed by atoms with Crippen molar-refractivity contribution in [1.82, 2.24) is 5.32 Å². The zero-order valence-electron chi connectivity index (χ0n) is 12.1. The van der Waals surface area contributed by atoms with Gasteiger partial charge in [0.25, 0.3) is 0 Å². The van der Waals surface area contributed by atoms with E-state index in [0.29, 0.717) is 12.1 Å². The third-order valence-electron chi connectivity index (χ3n) is 3.91. The van der Waals surface area contributed by atoms with Crippen LogP contribution in [0.25, 0.3) is 0 Å². The van der Waals surface area contributed by atoms with E-state index in [1.807, 2.05) is 12.1 Å². The van der Waals surface area contributed by atoms with Crippen molar-refractivity contribution in [3.05, 3.63) is 22.2 Å². The summed E-state index contributed by atoms with van der Waals surface area (Å²) in [7, 11) is 3.30. The highest BCUT2D eigenvalue weighted by Crippen LogP contribution is 2.33. The highest BCUT2D eigenvalue weighted by atomic mass is 79.9. The number of nitrogens with one attached hydrogen (secondary N) is 1. The minimum absolute atomic E-state index is 0.390. The van der Waals surface area contributed by atoms with Gasteiger partial charge in [0.1, 0.15) is 0 Å². The van der Waals surface area contributed by atoms with Crippen LogP contribution in [0.5, 0.6) is 11.5 Å². The summed E-state index contributed by atoms with van der Waals surface area (Å²) in [5.74, 6) is 1.50. The van der Waals surface area contributed by atoms with Gasteiger partial charge in [0.15, 0.2) is 11.5 Å². The second-order valence-corrected chi connectivity index (χ2v) is 6.15. The Hall–Kier alpha value is -0.780. The first-order valence-electron chi connectivity index (χ1n) is 7.03. The van der Waals surface area contributed by atoms with Gasteiger partial charge in [-0.05, 0) is 43.4 Å². The minimum Gasteiger partial charge on any atom is -0.493 e. The molecule has 3 N–H and O–H groups in total. The number of rotatable bonds is 5. The number of hydrogen-bond acceptors (Lipinski definition) is 4. The molecule has 0 heterocycles. The highest BCUT2D eigenvalue weighted by molar-refractivity contribution is 9.10. The van der Waals surface area contributed by atoms with Crippen LogP contribution in [0.1, 0.15) is 31.2 Å². The second-order valence-electron chi connectivity index (χ2n) is 5.29. The summed E-state index contributed by atoms with van der Waals surface area (Å²) >= 11 is 3.59. The Balaban J connectivity index is 1.98. The molecule has 0 saturated heterocycles. The monoisotopic (exact) mass is 342 g/mol. The fourth-order valence-corrected chi connectivity index (χ4v) is 3.07. The lowest BCUT2D eigenvalue weighted by molar-refractivity contribution is 0.339. The first-order valence-corrected chi connectivity index (χ1v) is 7.82. The van der Waals surface area contributed by atoms with Crippen LogP contribution in [0.3, 0.4) is 0 Å². The van der Waals surface area contributed by atoms with Crippen molar-refractivity contribution in [1.29, 1.82) is 0 Å². The van der Waals surface area contributed by atoms with Crippen molar-refractivity contribution in [2.45, 2.75) is 44.3 Å². The van der Waals surface area contributed by atoms with E-state index < -0.39 is 0 Å². The van der Waals surface area contributed by atoms with Crippen molar-refractivity contribution in [2.24, 2.45) is 5.73 Å². The van der Waals surface area contributed by atoms with Crippen LogP contribution in [0, 0.1) is 0 Å². The van der Waals surface area contributed by atoms with Crippen LogP contribution in [-0.4, -0.2) is 26.3 Å². The average molecular weight is 343 g/mol. The molecule has 0 aliphatic heterocycles. The van der Waals surface area contributed by atoms with Crippen molar-refractivity contribution in [3.63, 3.8) is 0 Å². The van der Waals surface area contributed by atoms with Crippen molar-refractivity contribution in [2.75, 3.05) is 14.2 Å². The molecular formula is C15H23BrN2O2. The van der Waals surface area contributed by atoms with E-state index in [2.05, 4.69) is 21.2 Å². The summed E-state index contributed by atoms with van der Waals surface area (Å²) in [6.45, 7) is 0.820. The van der Waals surface area contributed by atoms with Gasteiger partial charge in [0.2, 0.25) is 0 Å².